The first kappa shape index (κ1) is 21.0. The van der Waals surface area contributed by atoms with Crippen LogP contribution in [0, 0.1) is 5.41 Å². The molecule has 0 aliphatic rings. The fraction of sp³-hybridized carbons (Fsp3) is 0.500. The molecule has 2 N–H and O–H groups in total. The van der Waals surface area contributed by atoms with Gasteiger partial charge < -0.3 is 15.3 Å². The van der Waals surface area contributed by atoms with E-state index >= 15 is 0 Å². The highest BCUT2D eigenvalue weighted by molar-refractivity contribution is 6.34. The van der Waals surface area contributed by atoms with Gasteiger partial charge in [-0.3, -0.25) is 9.59 Å². The second-order valence-electron chi connectivity index (χ2n) is 7.71. The Labute approximate surface area is 153 Å². The van der Waals surface area contributed by atoms with Gasteiger partial charge in [0.05, 0.1) is 10.6 Å². The Bertz CT molecular complexity index is 693. The van der Waals surface area contributed by atoms with Crippen molar-refractivity contribution in [1.29, 1.82) is 0 Å². The van der Waals surface area contributed by atoms with E-state index < -0.39 is 17.4 Å². The molecule has 0 bridgehead atoms. The van der Waals surface area contributed by atoms with Gasteiger partial charge in [-0.05, 0) is 37.5 Å². The molecule has 0 atom stereocenters. The molecule has 0 saturated carbocycles. The number of amides is 2. The lowest BCUT2D eigenvalue weighted by atomic mass is 9.92. The number of aliphatic carboxylic acids is 1. The molecule has 0 heterocycles. The van der Waals surface area contributed by atoms with Crippen LogP contribution in [0.2, 0.25) is 5.02 Å². The van der Waals surface area contributed by atoms with Crippen molar-refractivity contribution in [2.75, 3.05) is 12.4 Å². The molecule has 6 nitrogen and oxygen atoms in total. The predicted octanol–water partition coefficient (Wildman–Crippen LogP) is 3.65. The third-order valence-corrected chi connectivity index (χ3v) is 4.17. The Kier molecular flexibility index (Phi) is 6.23. The second-order valence-corrected chi connectivity index (χ2v) is 8.12. The molecule has 0 unspecified atom stereocenters. The minimum atomic E-state index is -1.40. The molecule has 0 aliphatic heterocycles. The second kappa shape index (κ2) is 7.44. The SMILES string of the molecule is CN(C(=O)c1cc(NC(=O)CC(C)(C)C)ccc1Cl)C(C)(C)C(=O)O. The first-order valence-corrected chi connectivity index (χ1v) is 8.24. The van der Waals surface area contributed by atoms with Crippen molar-refractivity contribution >= 4 is 35.1 Å². The largest absolute Gasteiger partial charge is 0.480 e. The highest BCUT2D eigenvalue weighted by atomic mass is 35.5. The number of carbonyl (C=O) groups is 3. The van der Waals surface area contributed by atoms with Crippen LogP contribution in [-0.2, 0) is 9.59 Å². The fourth-order valence-electron chi connectivity index (χ4n) is 2.03. The maximum atomic E-state index is 12.6. The van der Waals surface area contributed by atoms with Crippen LogP contribution in [0.3, 0.4) is 0 Å². The first-order valence-electron chi connectivity index (χ1n) is 7.86. The van der Waals surface area contributed by atoms with E-state index in [1.54, 1.807) is 6.07 Å². The normalized spacial score (nSPS) is 11.8. The Hall–Kier alpha value is -2.08. The summed E-state index contributed by atoms with van der Waals surface area (Å²) in [5, 5.41) is 12.2. The molecule has 138 valence electrons. The van der Waals surface area contributed by atoms with Gasteiger partial charge in [0.25, 0.3) is 5.91 Å². The number of likely N-dealkylation sites (N-methyl/N-ethyl adjacent to an activating group) is 1. The molecule has 0 radical (unpaired) electrons. The number of hydrogen-bond donors (Lipinski definition) is 2. The quantitative estimate of drug-likeness (QED) is 0.830. The zero-order valence-electron chi connectivity index (χ0n) is 15.4. The highest BCUT2D eigenvalue weighted by Gasteiger charge is 2.36. The van der Waals surface area contributed by atoms with E-state index in [9.17, 15) is 19.5 Å². The van der Waals surface area contributed by atoms with E-state index in [0.29, 0.717) is 12.1 Å². The van der Waals surface area contributed by atoms with Gasteiger partial charge in [-0.1, -0.05) is 32.4 Å². The van der Waals surface area contributed by atoms with Crippen molar-refractivity contribution in [3.63, 3.8) is 0 Å². The lowest BCUT2D eigenvalue weighted by Crippen LogP contribution is -2.50. The number of hydrogen-bond acceptors (Lipinski definition) is 3. The number of benzene rings is 1. The molecule has 2 amide bonds. The molecule has 0 aromatic heterocycles. The van der Waals surface area contributed by atoms with Gasteiger partial charge in [0.2, 0.25) is 5.91 Å². The monoisotopic (exact) mass is 368 g/mol. The molecule has 25 heavy (non-hydrogen) atoms. The number of nitrogens with zero attached hydrogens (tertiary/aromatic N) is 1. The van der Waals surface area contributed by atoms with Gasteiger partial charge in [0.15, 0.2) is 0 Å². The Balaban J connectivity index is 3.07. The molecular formula is C18H25ClN2O4. The summed E-state index contributed by atoms with van der Waals surface area (Å²) >= 11 is 6.10. The zero-order chi connectivity index (χ0) is 19.6. The number of carbonyl (C=O) groups excluding carboxylic acids is 2. The number of anilines is 1. The molecule has 1 aromatic rings. The number of rotatable bonds is 5. The first-order chi connectivity index (χ1) is 11.3. The van der Waals surface area contributed by atoms with Crippen LogP contribution >= 0.6 is 11.6 Å². The summed E-state index contributed by atoms with van der Waals surface area (Å²) in [4.78, 5) is 37.2. The van der Waals surface area contributed by atoms with Crippen molar-refractivity contribution in [2.24, 2.45) is 5.41 Å². The minimum absolute atomic E-state index is 0.132. The average molecular weight is 369 g/mol. The number of nitrogens with one attached hydrogen (secondary N) is 1. The van der Waals surface area contributed by atoms with Crippen LogP contribution < -0.4 is 5.32 Å². The molecule has 0 fully saturated rings. The maximum absolute atomic E-state index is 12.6. The van der Waals surface area contributed by atoms with Crippen LogP contribution in [-0.4, -0.2) is 40.4 Å². The van der Waals surface area contributed by atoms with E-state index in [1.165, 1.54) is 33.0 Å². The lowest BCUT2D eigenvalue weighted by molar-refractivity contribution is -0.147. The summed E-state index contributed by atoms with van der Waals surface area (Å²) in [7, 11) is 1.40. The van der Waals surface area contributed by atoms with Gasteiger partial charge in [-0.15, -0.1) is 0 Å². The third-order valence-electron chi connectivity index (χ3n) is 3.84. The minimum Gasteiger partial charge on any atom is -0.480 e. The summed E-state index contributed by atoms with van der Waals surface area (Å²) in [6.45, 7) is 8.71. The Morgan fingerprint density at radius 2 is 1.72 bits per heavy atom. The number of carboxylic acid groups (broad SMARTS) is 1. The van der Waals surface area contributed by atoms with Gasteiger partial charge in [0, 0.05) is 19.2 Å². The van der Waals surface area contributed by atoms with Crippen LogP contribution in [0.4, 0.5) is 5.69 Å². The van der Waals surface area contributed by atoms with E-state index in [-0.39, 0.29) is 21.9 Å². The standard InChI is InChI=1S/C18H25ClN2O4/c1-17(2,3)10-14(22)20-11-7-8-13(19)12(9-11)15(23)21(6)18(4,5)16(24)25/h7-9H,10H2,1-6H3,(H,20,22)(H,24,25). The third kappa shape index (κ3) is 5.46. The van der Waals surface area contributed by atoms with E-state index in [4.69, 9.17) is 11.6 Å². The molecule has 0 saturated heterocycles. The van der Waals surface area contributed by atoms with Crippen LogP contribution in [0.25, 0.3) is 0 Å². The molecule has 1 rings (SSSR count). The van der Waals surface area contributed by atoms with Crippen molar-refractivity contribution in [2.45, 2.75) is 46.6 Å². The number of carboxylic acids is 1. The van der Waals surface area contributed by atoms with Gasteiger partial charge in [0.1, 0.15) is 5.54 Å². The summed E-state index contributed by atoms with van der Waals surface area (Å²) in [5.41, 5.74) is -0.997. The molecule has 7 heteroatoms. The van der Waals surface area contributed by atoms with E-state index in [1.807, 2.05) is 20.8 Å². The number of halogens is 1. The molecular weight excluding hydrogens is 344 g/mol. The van der Waals surface area contributed by atoms with Crippen molar-refractivity contribution in [3.05, 3.63) is 28.8 Å². The summed E-state index contributed by atoms with van der Waals surface area (Å²) in [6.07, 6.45) is 0.324. The van der Waals surface area contributed by atoms with Crippen molar-refractivity contribution < 1.29 is 19.5 Å². The van der Waals surface area contributed by atoms with Crippen molar-refractivity contribution in [1.82, 2.24) is 4.90 Å². The van der Waals surface area contributed by atoms with Gasteiger partial charge in [-0.25, -0.2) is 4.79 Å². The van der Waals surface area contributed by atoms with E-state index in [2.05, 4.69) is 5.32 Å². The molecule has 0 aliphatic carbocycles. The van der Waals surface area contributed by atoms with Crippen LogP contribution in [0.15, 0.2) is 18.2 Å². The van der Waals surface area contributed by atoms with Gasteiger partial charge in [-0.2, -0.15) is 0 Å². The van der Waals surface area contributed by atoms with Crippen molar-refractivity contribution in [3.8, 4) is 0 Å². The van der Waals surface area contributed by atoms with E-state index in [0.717, 1.165) is 4.90 Å². The Morgan fingerprint density at radius 1 is 1.16 bits per heavy atom. The highest BCUT2D eigenvalue weighted by Crippen LogP contribution is 2.26. The molecule has 0 spiro atoms. The maximum Gasteiger partial charge on any atom is 0.329 e. The van der Waals surface area contributed by atoms with Crippen LogP contribution in [0.5, 0.6) is 0 Å². The van der Waals surface area contributed by atoms with Crippen LogP contribution in [0.1, 0.15) is 51.4 Å². The summed E-state index contributed by atoms with van der Waals surface area (Å²) in [5.74, 6) is -1.84. The summed E-state index contributed by atoms with van der Waals surface area (Å²) in [6, 6.07) is 4.56. The predicted molar refractivity (Wildman–Crippen MR) is 98.0 cm³/mol. The zero-order valence-corrected chi connectivity index (χ0v) is 16.2. The Morgan fingerprint density at radius 3 is 2.20 bits per heavy atom. The van der Waals surface area contributed by atoms with Gasteiger partial charge >= 0.3 is 5.97 Å². The fourth-order valence-corrected chi connectivity index (χ4v) is 2.23. The smallest absolute Gasteiger partial charge is 0.329 e. The average Bonchev–Trinajstić information content (AvgIpc) is 2.45. The lowest BCUT2D eigenvalue weighted by Gasteiger charge is -2.31. The summed E-state index contributed by atoms with van der Waals surface area (Å²) < 4.78 is 0. The molecule has 1 aromatic carbocycles. The topological polar surface area (TPSA) is 86.7 Å².